The molecule has 1 saturated heterocycles. The van der Waals surface area contributed by atoms with Crippen LogP contribution < -0.4 is 4.74 Å². The predicted molar refractivity (Wildman–Crippen MR) is 75.1 cm³/mol. The van der Waals surface area contributed by atoms with Gasteiger partial charge >= 0.3 is 5.97 Å². The lowest BCUT2D eigenvalue weighted by Gasteiger charge is -2.21. The average Bonchev–Trinajstić information content (AvgIpc) is 2.46. The third kappa shape index (κ3) is 3.88. The van der Waals surface area contributed by atoms with Crippen LogP contribution in [0.15, 0.2) is 18.2 Å². The van der Waals surface area contributed by atoms with Gasteiger partial charge in [0, 0.05) is 24.2 Å². The zero-order chi connectivity index (χ0) is 13.7. The van der Waals surface area contributed by atoms with Gasteiger partial charge in [0.25, 0.3) is 0 Å². The Morgan fingerprint density at radius 2 is 2.21 bits per heavy atom. The second kappa shape index (κ2) is 6.82. The van der Waals surface area contributed by atoms with Gasteiger partial charge in [-0.25, -0.2) is 4.79 Å². The topological polar surface area (TPSA) is 55.8 Å². The number of ether oxygens (including phenoxy) is 2. The molecule has 1 aliphatic rings. The molecule has 104 valence electrons. The molecule has 0 aliphatic carbocycles. The molecule has 0 aromatic heterocycles. The molecule has 4 nitrogen and oxygen atoms in total. The molecule has 0 bridgehead atoms. The van der Waals surface area contributed by atoms with Gasteiger partial charge in [-0.2, -0.15) is 11.8 Å². The number of methoxy groups -OCH3 is 1. The first-order valence-electron chi connectivity index (χ1n) is 6.30. The van der Waals surface area contributed by atoms with Crippen LogP contribution in [0.4, 0.5) is 0 Å². The highest BCUT2D eigenvalue weighted by atomic mass is 32.2. The fourth-order valence-electron chi connectivity index (χ4n) is 2.07. The Labute approximate surface area is 117 Å². The van der Waals surface area contributed by atoms with E-state index < -0.39 is 5.97 Å². The van der Waals surface area contributed by atoms with Crippen molar-refractivity contribution in [3.05, 3.63) is 29.3 Å². The molecule has 0 radical (unpaired) electrons. The zero-order valence-corrected chi connectivity index (χ0v) is 11.7. The van der Waals surface area contributed by atoms with E-state index in [4.69, 9.17) is 14.6 Å². The number of carboxylic acids is 1. The van der Waals surface area contributed by atoms with Crippen molar-refractivity contribution in [3.63, 3.8) is 0 Å². The van der Waals surface area contributed by atoms with Crippen molar-refractivity contribution in [2.75, 3.05) is 20.3 Å². The van der Waals surface area contributed by atoms with E-state index in [9.17, 15) is 4.79 Å². The van der Waals surface area contributed by atoms with Crippen LogP contribution in [0, 0.1) is 0 Å². The van der Waals surface area contributed by atoms with Crippen molar-refractivity contribution in [2.45, 2.75) is 23.8 Å². The molecule has 0 spiro atoms. The molecule has 19 heavy (non-hydrogen) atoms. The summed E-state index contributed by atoms with van der Waals surface area (Å²) in [6.45, 7) is 1.67. The lowest BCUT2D eigenvalue weighted by atomic mass is 10.1. The maximum Gasteiger partial charge on any atom is 0.339 e. The molecule has 1 fully saturated rings. The highest BCUT2D eigenvalue weighted by Crippen LogP contribution is 2.27. The Hall–Kier alpha value is -1.20. The number of benzene rings is 1. The van der Waals surface area contributed by atoms with Crippen molar-refractivity contribution in [1.82, 2.24) is 0 Å². The fraction of sp³-hybridized carbons (Fsp3) is 0.500. The van der Waals surface area contributed by atoms with Gasteiger partial charge in [0.05, 0.1) is 7.11 Å². The van der Waals surface area contributed by atoms with Crippen molar-refractivity contribution in [1.29, 1.82) is 0 Å². The molecule has 1 aromatic rings. The number of hydrogen-bond acceptors (Lipinski definition) is 4. The summed E-state index contributed by atoms with van der Waals surface area (Å²) in [4.78, 5) is 11.1. The third-order valence-corrected chi connectivity index (χ3v) is 4.59. The van der Waals surface area contributed by atoms with Crippen LogP contribution in [0.1, 0.15) is 28.8 Å². The molecule has 0 unspecified atom stereocenters. The quantitative estimate of drug-likeness (QED) is 0.900. The predicted octanol–water partition coefficient (Wildman–Crippen LogP) is 2.81. The second-order valence-electron chi connectivity index (χ2n) is 4.46. The first kappa shape index (κ1) is 14.2. The number of hydrogen-bond donors (Lipinski definition) is 1. The fourth-order valence-corrected chi connectivity index (χ4v) is 3.20. The summed E-state index contributed by atoms with van der Waals surface area (Å²) < 4.78 is 10.4. The molecule has 5 heteroatoms. The van der Waals surface area contributed by atoms with Crippen molar-refractivity contribution in [2.24, 2.45) is 0 Å². The summed E-state index contributed by atoms with van der Waals surface area (Å²) >= 11 is 1.87. The van der Waals surface area contributed by atoms with Gasteiger partial charge in [-0.3, -0.25) is 0 Å². The second-order valence-corrected chi connectivity index (χ2v) is 5.75. The molecule has 0 saturated carbocycles. The van der Waals surface area contributed by atoms with E-state index in [0.717, 1.165) is 37.4 Å². The lowest BCUT2D eigenvalue weighted by Crippen LogP contribution is -2.17. The van der Waals surface area contributed by atoms with E-state index >= 15 is 0 Å². The van der Waals surface area contributed by atoms with Gasteiger partial charge in [0.15, 0.2) is 0 Å². The third-order valence-electron chi connectivity index (χ3n) is 3.15. The highest BCUT2D eigenvalue weighted by Gasteiger charge is 2.15. The van der Waals surface area contributed by atoms with E-state index in [1.165, 1.54) is 7.11 Å². The number of rotatable bonds is 5. The van der Waals surface area contributed by atoms with Gasteiger partial charge in [-0.05, 0) is 30.5 Å². The molecule has 1 heterocycles. The van der Waals surface area contributed by atoms with Crippen molar-refractivity contribution >= 4 is 17.7 Å². The smallest absolute Gasteiger partial charge is 0.339 e. The molecule has 1 aromatic carbocycles. The number of carbonyl (C=O) groups is 1. The van der Waals surface area contributed by atoms with E-state index in [-0.39, 0.29) is 5.56 Å². The summed E-state index contributed by atoms with van der Waals surface area (Å²) in [5.74, 6) is 0.289. The number of aromatic carboxylic acids is 1. The van der Waals surface area contributed by atoms with Crippen LogP contribution in [0.3, 0.4) is 0 Å². The monoisotopic (exact) mass is 282 g/mol. The maximum absolute atomic E-state index is 11.1. The van der Waals surface area contributed by atoms with Crippen LogP contribution in [0.2, 0.25) is 0 Å². The SMILES string of the molecule is COc1ccc(CSC2CCOCC2)cc1C(=O)O. The Morgan fingerprint density at radius 3 is 2.84 bits per heavy atom. The summed E-state index contributed by atoms with van der Waals surface area (Å²) in [6.07, 6.45) is 2.15. The first-order chi connectivity index (χ1) is 9.20. The zero-order valence-electron chi connectivity index (χ0n) is 10.9. The maximum atomic E-state index is 11.1. The number of carboxylic acid groups (broad SMARTS) is 1. The molecule has 1 N–H and O–H groups in total. The summed E-state index contributed by atoms with van der Waals surface area (Å²) in [7, 11) is 1.48. The van der Waals surface area contributed by atoms with E-state index in [2.05, 4.69) is 0 Å². The largest absolute Gasteiger partial charge is 0.496 e. The van der Waals surface area contributed by atoms with Crippen molar-refractivity contribution in [3.8, 4) is 5.75 Å². The summed E-state index contributed by atoms with van der Waals surface area (Å²) in [6, 6.07) is 5.36. The summed E-state index contributed by atoms with van der Waals surface area (Å²) in [5, 5.41) is 9.75. The molecule has 1 aliphatic heterocycles. The molecular weight excluding hydrogens is 264 g/mol. The molecule has 2 rings (SSSR count). The van der Waals surface area contributed by atoms with Gasteiger partial charge in [-0.1, -0.05) is 6.07 Å². The Kier molecular flexibility index (Phi) is 5.10. The summed E-state index contributed by atoms with van der Waals surface area (Å²) in [5.41, 5.74) is 1.25. The minimum atomic E-state index is -0.949. The van der Waals surface area contributed by atoms with Crippen LogP contribution >= 0.6 is 11.8 Å². The Bertz CT molecular complexity index is 441. The normalized spacial score (nSPS) is 16.3. The van der Waals surface area contributed by atoms with Gasteiger partial charge < -0.3 is 14.6 Å². The highest BCUT2D eigenvalue weighted by molar-refractivity contribution is 7.99. The molecule has 0 amide bonds. The van der Waals surface area contributed by atoms with Gasteiger partial charge in [-0.15, -0.1) is 0 Å². The van der Waals surface area contributed by atoms with E-state index in [0.29, 0.717) is 11.0 Å². The van der Waals surface area contributed by atoms with Crippen LogP contribution in [-0.4, -0.2) is 36.6 Å². The number of thioether (sulfide) groups is 1. The minimum Gasteiger partial charge on any atom is -0.496 e. The molecule has 0 atom stereocenters. The Balaban J connectivity index is 2.00. The Morgan fingerprint density at radius 1 is 1.47 bits per heavy atom. The first-order valence-corrected chi connectivity index (χ1v) is 7.35. The minimum absolute atomic E-state index is 0.229. The van der Waals surface area contributed by atoms with Crippen LogP contribution in [0.5, 0.6) is 5.75 Å². The standard InChI is InChI=1S/C14H18O4S/c1-17-13-3-2-10(8-12(13)14(15)16)9-19-11-4-6-18-7-5-11/h2-3,8,11H,4-7,9H2,1H3,(H,15,16). The van der Waals surface area contributed by atoms with E-state index in [1.54, 1.807) is 12.1 Å². The average molecular weight is 282 g/mol. The van der Waals surface area contributed by atoms with Crippen LogP contribution in [0.25, 0.3) is 0 Å². The molecular formula is C14H18O4S. The van der Waals surface area contributed by atoms with E-state index in [1.807, 2.05) is 17.8 Å². The lowest BCUT2D eigenvalue weighted by molar-refractivity contribution is 0.0693. The van der Waals surface area contributed by atoms with Gasteiger partial charge in [0.2, 0.25) is 0 Å². The van der Waals surface area contributed by atoms with Crippen LogP contribution in [-0.2, 0) is 10.5 Å². The van der Waals surface area contributed by atoms with Crippen molar-refractivity contribution < 1.29 is 19.4 Å². The van der Waals surface area contributed by atoms with Gasteiger partial charge in [0.1, 0.15) is 11.3 Å².